The number of hydrogen-bond donors (Lipinski definition) is 1. The van der Waals surface area contributed by atoms with Crippen LogP contribution < -0.4 is 0 Å². The Bertz CT molecular complexity index is 705. The first-order valence-corrected chi connectivity index (χ1v) is 8.30. The van der Waals surface area contributed by atoms with Gasteiger partial charge in [0.05, 0.1) is 0 Å². The van der Waals surface area contributed by atoms with E-state index < -0.39 is 10.0 Å². The summed E-state index contributed by atoms with van der Waals surface area (Å²) in [5, 5.41) is 7.00. The fraction of sp³-hybridized carbons (Fsp3) is 0.462. The molecule has 8 heteroatoms. The molecule has 3 heterocycles. The summed E-state index contributed by atoms with van der Waals surface area (Å²) < 4.78 is 26.5. The molecule has 1 fully saturated rings. The van der Waals surface area contributed by atoms with Gasteiger partial charge in [0.1, 0.15) is 10.7 Å². The van der Waals surface area contributed by atoms with Crippen molar-refractivity contribution in [3.63, 3.8) is 0 Å². The first kappa shape index (κ1) is 14.2. The largest absolute Gasteiger partial charge is 0.263 e. The average Bonchev–Trinajstić information content (AvgIpc) is 2.95. The van der Waals surface area contributed by atoms with Gasteiger partial charge in [-0.05, 0) is 31.9 Å². The molecule has 21 heavy (non-hydrogen) atoms. The molecule has 2 aromatic rings. The lowest BCUT2D eigenvalue weighted by molar-refractivity contribution is 0.313. The minimum Gasteiger partial charge on any atom is -0.263 e. The standard InChI is InChI=1S/C13H17N5O2S/c1-10-15-13(17-16-10)11-4-7-18(8-5-11)21(19,20)12-3-2-6-14-9-12/h2-3,6,9,11H,4-5,7-8H2,1H3,(H,15,16,17). The van der Waals surface area contributed by atoms with Crippen LogP contribution in [0.5, 0.6) is 0 Å². The van der Waals surface area contributed by atoms with E-state index in [0.29, 0.717) is 13.1 Å². The van der Waals surface area contributed by atoms with Crippen molar-refractivity contribution in [2.45, 2.75) is 30.6 Å². The number of hydrogen-bond acceptors (Lipinski definition) is 5. The Hall–Kier alpha value is -1.80. The Morgan fingerprint density at radius 2 is 2.10 bits per heavy atom. The van der Waals surface area contributed by atoms with Gasteiger partial charge in [-0.3, -0.25) is 10.1 Å². The monoisotopic (exact) mass is 307 g/mol. The highest BCUT2D eigenvalue weighted by atomic mass is 32.2. The second kappa shape index (κ2) is 5.53. The third-order valence-electron chi connectivity index (χ3n) is 3.71. The molecule has 0 bridgehead atoms. The topological polar surface area (TPSA) is 91.8 Å². The maximum atomic E-state index is 12.5. The smallest absolute Gasteiger partial charge is 0.244 e. The van der Waals surface area contributed by atoms with Crippen LogP contribution in [0.1, 0.15) is 30.4 Å². The van der Waals surface area contributed by atoms with Gasteiger partial charge in [-0.1, -0.05) is 0 Å². The van der Waals surface area contributed by atoms with E-state index in [0.717, 1.165) is 24.5 Å². The van der Waals surface area contributed by atoms with Crippen molar-refractivity contribution in [3.05, 3.63) is 36.2 Å². The molecule has 0 radical (unpaired) electrons. The number of H-pyrrole nitrogens is 1. The molecule has 0 atom stereocenters. The summed E-state index contributed by atoms with van der Waals surface area (Å²) in [7, 11) is -3.44. The van der Waals surface area contributed by atoms with E-state index in [1.807, 2.05) is 6.92 Å². The van der Waals surface area contributed by atoms with E-state index in [4.69, 9.17) is 0 Å². The first-order chi connectivity index (χ1) is 10.1. The highest BCUT2D eigenvalue weighted by molar-refractivity contribution is 7.89. The Labute approximate surface area is 123 Å². The SMILES string of the molecule is Cc1nc(C2CCN(S(=O)(=O)c3cccnc3)CC2)n[nH]1. The van der Waals surface area contributed by atoms with Crippen LogP contribution in [0.2, 0.25) is 0 Å². The highest BCUT2D eigenvalue weighted by Gasteiger charge is 2.31. The summed E-state index contributed by atoms with van der Waals surface area (Å²) in [6, 6.07) is 3.21. The normalized spacial score (nSPS) is 18.0. The molecule has 1 aliphatic heterocycles. The minimum absolute atomic E-state index is 0.218. The number of sulfonamides is 1. The van der Waals surface area contributed by atoms with Gasteiger partial charge in [0.2, 0.25) is 10.0 Å². The van der Waals surface area contributed by atoms with Gasteiger partial charge in [-0.25, -0.2) is 13.4 Å². The predicted molar refractivity (Wildman–Crippen MR) is 76.1 cm³/mol. The van der Waals surface area contributed by atoms with Crippen LogP contribution in [0.15, 0.2) is 29.4 Å². The second-order valence-corrected chi connectivity index (χ2v) is 7.08. The molecule has 0 aliphatic carbocycles. The van der Waals surface area contributed by atoms with Crippen molar-refractivity contribution in [3.8, 4) is 0 Å². The van der Waals surface area contributed by atoms with E-state index in [1.165, 1.54) is 10.5 Å². The molecule has 1 aliphatic rings. The molecule has 0 saturated carbocycles. The van der Waals surface area contributed by atoms with Gasteiger partial charge in [0.25, 0.3) is 0 Å². The minimum atomic E-state index is -3.44. The average molecular weight is 307 g/mol. The first-order valence-electron chi connectivity index (χ1n) is 6.86. The Morgan fingerprint density at radius 1 is 1.33 bits per heavy atom. The van der Waals surface area contributed by atoms with Crippen molar-refractivity contribution >= 4 is 10.0 Å². The van der Waals surface area contributed by atoms with Gasteiger partial charge in [-0.2, -0.15) is 9.40 Å². The van der Waals surface area contributed by atoms with Gasteiger partial charge < -0.3 is 0 Å². The number of nitrogens with one attached hydrogen (secondary N) is 1. The number of aromatic amines is 1. The number of aromatic nitrogens is 4. The summed E-state index contributed by atoms with van der Waals surface area (Å²) >= 11 is 0. The Kier molecular flexibility index (Phi) is 3.73. The van der Waals surface area contributed by atoms with Crippen molar-refractivity contribution in [2.75, 3.05) is 13.1 Å². The van der Waals surface area contributed by atoms with Crippen LogP contribution >= 0.6 is 0 Å². The zero-order chi connectivity index (χ0) is 14.9. The fourth-order valence-corrected chi connectivity index (χ4v) is 3.98. The lowest BCUT2D eigenvalue weighted by Crippen LogP contribution is -2.38. The molecule has 112 valence electrons. The maximum absolute atomic E-state index is 12.5. The van der Waals surface area contributed by atoms with Crippen LogP contribution in [0.4, 0.5) is 0 Å². The predicted octanol–water partition coefficient (Wildman–Crippen LogP) is 1.08. The third-order valence-corrected chi connectivity index (χ3v) is 5.59. The van der Waals surface area contributed by atoms with Gasteiger partial charge >= 0.3 is 0 Å². The summed E-state index contributed by atoms with van der Waals surface area (Å²) in [6.45, 7) is 2.82. The van der Waals surface area contributed by atoms with Crippen molar-refractivity contribution in [2.24, 2.45) is 0 Å². The second-order valence-electron chi connectivity index (χ2n) is 5.15. The molecular formula is C13H17N5O2S. The molecule has 7 nitrogen and oxygen atoms in total. The van der Waals surface area contributed by atoms with Crippen molar-refractivity contribution in [1.82, 2.24) is 24.5 Å². The zero-order valence-electron chi connectivity index (χ0n) is 11.7. The Balaban J connectivity index is 1.71. The lowest BCUT2D eigenvalue weighted by Gasteiger charge is -2.29. The van der Waals surface area contributed by atoms with Crippen LogP contribution in [-0.4, -0.2) is 46.0 Å². The number of aryl methyl sites for hydroxylation is 1. The molecule has 0 spiro atoms. The van der Waals surface area contributed by atoms with E-state index in [-0.39, 0.29) is 10.8 Å². The molecular weight excluding hydrogens is 290 g/mol. The summed E-state index contributed by atoms with van der Waals surface area (Å²) in [5.74, 6) is 1.79. The molecule has 0 amide bonds. The van der Waals surface area contributed by atoms with Gasteiger partial charge in [0, 0.05) is 31.4 Å². The number of nitrogens with zero attached hydrogens (tertiary/aromatic N) is 4. The van der Waals surface area contributed by atoms with E-state index >= 15 is 0 Å². The van der Waals surface area contributed by atoms with Crippen LogP contribution in [0, 0.1) is 6.92 Å². The van der Waals surface area contributed by atoms with Crippen LogP contribution in [0.3, 0.4) is 0 Å². The molecule has 0 aromatic carbocycles. The molecule has 2 aromatic heterocycles. The molecule has 1 N–H and O–H groups in total. The van der Waals surface area contributed by atoms with E-state index in [9.17, 15) is 8.42 Å². The van der Waals surface area contributed by atoms with Crippen LogP contribution in [0.25, 0.3) is 0 Å². The third kappa shape index (κ3) is 2.81. The van der Waals surface area contributed by atoms with E-state index in [2.05, 4.69) is 20.2 Å². The summed E-state index contributed by atoms with van der Waals surface area (Å²) in [4.78, 5) is 8.46. The number of pyridine rings is 1. The maximum Gasteiger partial charge on any atom is 0.244 e. The van der Waals surface area contributed by atoms with Gasteiger partial charge in [0.15, 0.2) is 5.82 Å². The van der Waals surface area contributed by atoms with Gasteiger partial charge in [-0.15, -0.1) is 0 Å². The quantitative estimate of drug-likeness (QED) is 0.916. The number of piperidine rings is 1. The zero-order valence-corrected chi connectivity index (χ0v) is 12.5. The summed E-state index contributed by atoms with van der Waals surface area (Å²) in [5.41, 5.74) is 0. The molecule has 0 unspecified atom stereocenters. The molecule has 1 saturated heterocycles. The van der Waals surface area contributed by atoms with Crippen LogP contribution in [-0.2, 0) is 10.0 Å². The molecule has 3 rings (SSSR count). The highest BCUT2D eigenvalue weighted by Crippen LogP contribution is 2.28. The Morgan fingerprint density at radius 3 is 2.67 bits per heavy atom. The van der Waals surface area contributed by atoms with Crippen molar-refractivity contribution in [1.29, 1.82) is 0 Å². The fourth-order valence-electron chi connectivity index (χ4n) is 2.55. The lowest BCUT2D eigenvalue weighted by atomic mass is 9.98. The van der Waals surface area contributed by atoms with Crippen molar-refractivity contribution < 1.29 is 8.42 Å². The van der Waals surface area contributed by atoms with E-state index in [1.54, 1.807) is 18.3 Å². The number of rotatable bonds is 3. The summed E-state index contributed by atoms with van der Waals surface area (Å²) in [6.07, 6.45) is 4.42.